The van der Waals surface area contributed by atoms with Crippen molar-refractivity contribution in [3.05, 3.63) is 70.2 Å². The van der Waals surface area contributed by atoms with Gasteiger partial charge in [0.2, 0.25) is 10.0 Å². The summed E-state index contributed by atoms with van der Waals surface area (Å²) >= 11 is 5.88. The number of amides is 2. The molecule has 0 aromatic heterocycles. The van der Waals surface area contributed by atoms with Crippen LogP contribution in [0.25, 0.3) is 0 Å². The standard InChI is InChI=1S/C20H21ClN2O4S/c1-2-18(14-8-10-15(21)11-9-14)22-28(26,27)13-5-12-23-19(24)16-6-3-4-7-17(16)20(23)25/h3-4,6-11,18,22H,2,5,12-13H2,1H3. The Morgan fingerprint density at radius 2 is 1.57 bits per heavy atom. The molecule has 2 aromatic rings. The number of nitrogens with one attached hydrogen (secondary N) is 1. The fourth-order valence-electron chi connectivity index (χ4n) is 3.21. The third-order valence-electron chi connectivity index (χ3n) is 4.68. The van der Waals surface area contributed by atoms with E-state index in [9.17, 15) is 18.0 Å². The van der Waals surface area contributed by atoms with E-state index in [0.29, 0.717) is 22.6 Å². The van der Waals surface area contributed by atoms with Gasteiger partial charge in [0, 0.05) is 17.6 Å². The van der Waals surface area contributed by atoms with Gasteiger partial charge in [-0.05, 0) is 42.7 Å². The lowest BCUT2D eigenvalue weighted by molar-refractivity contribution is 0.0654. The summed E-state index contributed by atoms with van der Waals surface area (Å²) in [4.78, 5) is 25.8. The van der Waals surface area contributed by atoms with Crippen LogP contribution in [0.15, 0.2) is 48.5 Å². The van der Waals surface area contributed by atoms with Gasteiger partial charge in [-0.15, -0.1) is 0 Å². The number of fused-ring (bicyclic) bond motifs is 1. The van der Waals surface area contributed by atoms with Gasteiger partial charge < -0.3 is 0 Å². The van der Waals surface area contributed by atoms with Crippen LogP contribution in [-0.4, -0.2) is 37.4 Å². The van der Waals surface area contributed by atoms with Crippen molar-refractivity contribution in [2.24, 2.45) is 0 Å². The number of halogens is 1. The first kappa shape index (κ1) is 20.5. The van der Waals surface area contributed by atoms with Gasteiger partial charge in [0.05, 0.1) is 16.9 Å². The van der Waals surface area contributed by atoms with Crippen LogP contribution in [0.4, 0.5) is 0 Å². The minimum Gasteiger partial charge on any atom is -0.274 e. The third kappa shape index (κ3) is 4.43. The first-order chi connectivity index (χ1) is 13.3. The van der Waals surface area contributed by atoms with Gasteiger partial charge in [-0.2, -0.15) is 0 Å². The van der Waals surface area contributed by atoms with E-state index in [1.54, 1.807) is 48.5 Å². The number of benzene rings is 2. The Balaban J connectivity index is 1.59. The van der Waals surface area contributed by atoms with Crippen molar-refractivity contribution in [1.82, 2.24) is 9.62 Å². The van der Waals surface area contributed by atoms with E-state index >= 15 is 0 Å². The van der Waals surface area contributed by atoms with Gasteiger partial charge >= 0.3 is 0 Å². The summed E-state index contributed by atoms with van der Waals surface area (Å²) in [5, 5.41) is 0.586. The minimum absolute atomic E-state index is 0.0605. The number of carbonyl (C=O) groups is 2. The summed E-state index contributed by atoms with van der Waals surface area (Å²) in [6.45, 7) is 1.95. The lowest BCUT2D eigenvalue weighted by Crippen LogP contribution is -2.34. The van der Waals surface area contributed by atoms with E-state index in [-0.39, 0.29) is 36.6 Å². The van der Waals surface area contributed by atoms with Gasteiger partial charge in [-0.1, -0.05) is 42.8 Å². The molecular formula is C20H21ClN2O4S. The van der Waals surface area contributed by atoms with Crippen molar-refractivity contribution >= 4 is 33.4 Å². The van der Waals surface area contributed by atoms with E-state index in [2.05, 4.69) is 4.72 Å². The van der Waals surface area contributed by atoms with Crippen molar-refractivity contribution in [1.29, 1.82) is 0 Å². The maximum Gasteiger partial charge on any atom is 0.261 e. The maximum atomic E-state index is 12.5. The van der Waals surface area contributed by atoms with Crippen LogP contribution < -0.4 is 4.72 Å². The molecule has 1 aliphatic heterocycles. The molecule has 1 heterocycles. The normalized spacial score (nSPS) is 15.0. The van der Waals surface area contributed by atoms with Gasteiger partial charge in [-0.3, -0.25) is 14.5 Å². The SMILES string of the molecule is CCC(NS(=O)(=O)CCCN1C(=O)c2ccccc2C1=O)c1ccc(Cl)cc1. The lowest BCUT2D eigenvalue weighted by Gasteiger charge is -2.18. The second kappa shape index (κ2) is 8.43. The smallest absolute Gasteiger partial charge is 0.261 e. The minimum atomic E-state index is -3.58. The number of hydrogen-bond donors (Lipinski definition) is 1. The zero-order valence-electron chi connectivity index (χ0n) is 15.4. The molecular weight excluding hydrogens is 400 g/mol. The Kier molecular flexibility index (Phi) is 6.17. The molecule has 148 valence electrons. The van der Waals surface area contributed by atoms with E-state index in [1.807, 2.05) is 6.92 Å². The van der Waals surface area contributed by atoms with E-state index in [4.69, 9.17) is 11.6 Å². The molecule has 1 aliphatic rings. The highest BCUT2D eigenvalue weighted by molar-refractivity contribution is 7.89. The second-order valence-corrected chi connectivity index (χ2v) is 8.92. The molecule has 0 saturated heterocycles. The number of rotatable bonds is 8. The fourth-order valence-corrected chi connectivity index (χ4v) is 4.70. The molecule has 0 radical (unpaired) electrons. The Morgan fingerprint density at radius 1 is 1.00 bits per heavy atom. The predicted molar refractivity (Wildman–Crippen MR) is 108 cm³/mol. The van der Waals surface area contributed by atoms with Crippen molar-refractivity contribution in [3.63, 3.8) is 0 Å². The molecule has 0 bridgehead atoms. The van der Waals surface area contributed by atoms with Crippen molar-refractivity contribution < 1.29 is 18.0 Å². The molecule has 1 N–H and O–H groups in total. The molecule has 0 aliphatic carbocycles. The zero-order valence-corrected chi connectivity index (χ0v) is 17.0. The first-order valence-corrected chi connectivity index (χ1v) is 11.1. The average Bonchev–Trinajstić information content (AvgIpc) is 2.92. The summed E-state index contributed by atoms with van der Waals surface area (Å²) < 4.78 is 27.6. The highest BCUT2D eigenvalue weighted by atomic mass is 35.5. The molecule has 0 spiro atoms. The summed E-state index contributed by atoms with van der Waals surface area (Å²) in [5.41, 5.74) is 1.56. The largest absolute Gasteiger partial charge is 0.274 e. The number of imide groups is 1. The average molecular weight is 421 g/mol. The molecule has 2 aromatic carbocycles. The summed E-state index contributed by atoms with van der Waals surface area (Å²) in [6, 6.07) is 13.3. The summed E-state index contributed by atoms with van der Waals surface area (Å²) in [6.07, 6.45) is 0.747. The molecule has 8 heteroatoms. The van der Waals surface area contributed by atoms with Crippen LogP contribution in [0, 0.1) is 0 Å². The highest BCUT2D eigenvalue weighted by Gasteiger charge is 2.34. The van der Waals surface area contributed by atoms with Crippen LogP contribution >= 0.6 is 11.6 Å². The predicted octanol–water partition coefficient (Wildman–Crippen LogP) is 3.40. The number of hydrogen-bond acceptors (Lipinski definition) is 4. The van der Waals surface area contributed by atoms with Crippen LogP contribution in [0.3, 0.4) is 0 Å². The second-order valence-electron chi connectivity index (χ2n) is 6.61. The van der Waals surface area contributed by atoms with Crippen molar-refractivity contribution in [2.75, 3.05) is 12.3 Å². The molecule has 2 amide bonds. The van der Waals surface area contributed by atoms with Gasteiger partial charge in [0.25, 0.3) is 11.8 Å². The Bertz CT molecular complexity index is 955. The lowest BCUT2D eigenvalue weighted by atomic mass is 10.1. The summed E-state index contributed by atoms with van der Waals surface area (Å²) in [5.74, 6) is -0.929. The molecule has 0 saturated carbocycles. The Morgan fingerprint density at radius 3 is 2.11 bits per heavy atom. The van der Waals surface area contributed by atoms with Crippen LogP contribution in [-0.2, 0) is 10.0 Å². The van der Waals surface area contributed by atoms with Gasteiger partial charge in [0.1, 0.15) is 0 Å². The Hall–Kier alpha value is -2.22. The van der Waals surface area contributed by atoms with Crippen molar-refractivity contribution in [2.45, 2.75) is 25.8 Å². The van der Waals surface area contributed by atoms with E-state index in [0.717, 1.165) is 10.5 Å². The molecule has 6 nitrogen and oxygen atoms in total. The van der Waals surface area contributed by atoms with Gasteiger partial charge in [-0.25, -0.2) is 13.1 Å². The summed E-state index contributed by atoms with van der Waals surface area (Å²) in [7, 11) is -3.58. The molecule has 28 heavy (non-hydrogen) atoms. The topological polar surface area (TPSA) is 83.6 Å². The third-order valence-corrected chi connectivity index (χ3v) is 6.40. The number of carbonyl (C=O) groups excluding carboxylic acids is 2. The highest BCUT2D eigenvalue weighted by Crippen LogP contribution is 2.23. The van der Waals surface area contributed by atoms with E-state index < -0.39 is 10.0 Å². The monoisotopic (exact) mass is 420 g/mol. The van der Waals surface area contributed by atoms with Gasteiger partial charge in [0.15, 0.2) is 0 Å². The molecule has 0 fully saturated rings. The maximum absolute atomic E-state index is 12.5. The number of nitrogens with zero attached hydrogens (tertiary/aromatic N) is 1. The zero-order chi connectivity index (χ0) is 20.3. The van der Waals surface area contributed by atoms with Crippen LogP contribution in [0.2, 0.25) is 5.02 Å². The molecule has 1 unspecified atom stereocenters. The fraction of sp³-hybridized carbons (Fsp3) is 0.300. The quantitative estimate of drug-likeness (QED) is 0.663. The number of sulfonamides is 1. The first-order valence-electron chi connectivity index (χ1n) is 9.03. The Labute approximate surface area is 169 Å². The van der Waals surface area contributed by atoms with Crippen LogP contribution in [0.5, 0.6) is 0 Å². The van der Waals surface area contributed by atoms with Crippen molar-refractivity contribution in [3.8, 4) is 0 Å². The van der Waals surface area contributed by atoms with Crippen LogP contribution in [0.1, 0.15) is 52.1 Å². The molecule has 3 rings (SSSR count). The molecule has 1 atom stereocenters. The van der Waals surface area contributed by atoms with E-state index in [1.165, 1.54) is 0 Å².